The molecule has 1 N–H and O–H groups in total. The van der Waals surface area contributed by atoms with Gasteiger partial charge in [-0.05, 0) is 49.8 Å². The van der Waals surface area contributed by atoms with E-state index < -0.39 is 0 Å². The van der Waals surface area contributed by atoms with Gasteiger partial charge in [0, 0.05) is 18.1 Å². The van der Waals surface area contributed by atoms with Gasteiger partial charge in [-0.2, -0.15) is 0 Å². The highest BCUT2D eigenvalue weighted by molar-refractivity contribution is 5.59. The zero-order valence-corrected chi connectivity index (χ0v) is 12.1. The number of nitrogens with one attached hydrogen (secondary N) is 1. The molecule has 0 spiro atoms. The summed E-state index contributed by atoms with van der Waals surface area (Å²) in [5.74, 6) is 0.910. The lowest BCUT2D eigenvalue weighted by molar-refractivity contribution is 0.681. The third-order valence-electron chi connectivity index (χ3n) is 4.31. The van der Waals surface area contributed by atoms with E-state index in [9.17, 15) is 0 Å². The Balaban J connectivity index is 1.90. The van der Waals surface area contributed by atoms with Gasteiger partial charge in [-0.1, -0.05) is 12.1 Å². The molecule has 4 nitrogen and oxygen atoms in total. The molecule has 2 aromatic heterocycles. The molecule has 0 bridgehead atoms. The van der Waals surface area contributed by atoms with Gasteiger partial charge in [0.2, 0.25) is 0 Å². The van der Waals surface area contributed by atoms with Crippen molar-refractivity contribution in [3.8, 4) is 17.2 Å². The molecule has 0 amide bonds. The normalized spacial score (nSPS) is 14.1. The third-order valence-corrected chi connectivity index (χ3v) is 4.31. The minimum Gasteiger partial charge on any atom is -0.348 e. The summed E-state index contributed by atoms with van der Waals surface area (Å²) >= 11 is 0. The predicted octanol–water partition coefficient (Wildman–Crippen LogP) is 3.45. The number of aromatic amines is 1. The summed E-state index contributed by atoms with van der Waals surface area (Å²) in [7, 11) is 0. The molecule has 1 aliphatic rings. The Labute approximate surface area is 123 Å². The number of aryl methyl sites for hydroxylation is 2. The number of H-pyrrole nitrogens is 1. The number of hydrogen-bond donors (Lipinski definition) is 1. The monoisotopic (exact) mass is 278 g/mol. The highest BCUT2D eigenvalue weighted by Crippen LogP contribution is 2.30. The fourth-order valence-electron chi connectivity index (χ4n) is 3.24. The maximum absolute atomic E-state index is 4.53. The number of benzene rings is 1. The summed E-state index contributed by atoms with van der Waals surface area (Å²) < 4.78 is 2.17. The summed E-state index contributed by atoms with van der Waals surface area (Å²) in [4.78, 5) is 12.1. The van der Waals surface area contributed by atoms with E-state index in [1.54, 1.807) is 6.33 Å². The predicted molar refractivity (Wildman–Crippen MR) is 82.5 cm³/mol. The van der Waals surface area contributed by atoms with Crippen molar-refractivity contribution in [2.45, 2.75) is 32.6 Å². The van der Waals surface area contributed by atoms with Crippen LogP contribution in [0.1, 0.15) is 29.7 Å². The minimum absolute atomic E-state index is 0.910. The van der Waals surface area contributed by atoms with E-state index in [-0.39, 0.29) is 0 Å². The van der Waals surface area contributed by atoms with Gasteiger partial charge in [0.25, 0.3) is 0 Å². The van der Waals surface area contributed by atoms with Crippen molar-refractivity contribution in [1.29, 1.82) is 0 Å². The number of fused-ring (bicyclic) bond motifs is 1. The van der Waals surface area contributed by atoms with E-state index in [1.807, 2.05) is 19.3 Å². The molecule has 1 aromatic carbocycles. The maximum atomic E-state index is 4.53. The lowest BCUT2D eigenvalue weighted by Crippen LogP contribution is -2.08. The second-order valence-electron chi connectivity index (χ2n) is 5.62. The molecule has 21 heavy (non-hydrogen) atoms. The largest absolute Gasteiger partial charge is 0.348 e. The van der Waals surface area contributed by atoms with Gasteiger partial charge in [0.05, 0.1) is 12.0 Å². The molecule has 0 unspecified atom stereocenters. The smallest absolute Gasteiger partial charge is 0.165 e. The van der Waals surface area contributed by atoms with E-state index in [4.69, 9.17) is 0 Å². The van der Waals surface area contributed by atoms with Crippen LogP contribution >= 0.6 is 0 Å². The molecule has 106 valence electrons. The van der Waals surface area contributed by atoms with Gasteiger partial charge < -0.3 is 4.98 Å². The van der Waals surface area contributed by atoms with E-state index in [1.165, 1.54) is 36.1 Å². The minimum atomic E-state index is 0.910. The molecule has 3 aromatic rings. The van der Waals surface area contributed by atoms with Gasteiger partial charge >= 0.3 is 0 Å². The summed E-state index contributed by atoms with van der Waals surface area (Å²) in [5, 5.41) is 0. The van der Waals surface area contributed by atoms with Crippen LogP contribution in [0.5, 0.6) is 0 Å². The fraction of sp³-hybridized carbons (Fsp3) is 0.294. The molecular formula is C17H18N4. The Hall–Kier alpha value is -2.36. The Bertz CT molecular complexity index is 782. The summed E-state index contributed by atoms with van der Waals surface area (Å²) in [6.45, 7) is 2.03. The van der Waals surface area contributed by atoms with Crippen LogP contribution in [0.15, 0.2) is 36.9 Å². The fourth-order valence-corrected chi connectivity index (χ4v) is 3.24. The number of rotatable bonds is 2. The molecular weight excluding hydrogens is 260 g/mol. The quantitative estimate of drug-likeness (QED) is 0.780. The van der Waals surface area contributed by atoms with Gasteiger partial charge in [-0.3, -0.25) is 4.57 Å². The van der Waals surface area contributed by atoms with Crippen molar-refractivity contribution in [2.75, 3.05) is 0 Å². The van der Waals surface area contributed by atoms with E-state index in [0.29, 0.717) is 0 Å². The Morgan fingerprint density at radius 1 is 1.14 bits per heavy atom. The lowest BCUT2D eigenvalue weighted by Gasteiger charge is -2.20. The van der Waals surface area contributed by atoms with Gasteiger partial charge in [-0.25, -0.2) is 9.97 Å². The molecule has 0 aliphatic heterocycles. The van der Waals surface area contributed by atoms with Crippen molar-refractivity contribution in [1.82, 2.24) is 19.5 Å². The summed E-state index contributed by atoms with van der Waals surface area (Å²) in [5.41, 5.74) is 6.18. The van der Waals surface area contributed by atoms with Crippen LogP contribution in [0.25, 0.3) is 17.2 Å². The highest BCUT2D eigenvalue weighted by atomic mass is 15.1. The first-order chi connectivity index (χ1) is 10.3. The van der Waals surface area contributed by atoms with E-state index >= 15 is 0 Å². The molecule has 0 saturated carbocycles. The van der Waals surface area contributed by atoms with Crippen LogP contribution in [-0.2, 0) is 12.8 Å². The summed E-state index contributed by atoms with van der Waals surface area (Å²) in [6, 6.07) is 6.60. The van der Waals surface area contributed by atoms with E-state index in [0.717, 1.165) is 23.6 Å². The van der Waals surface area contributed by atoms with E-state index in [2.05, 4.69) is 37.7 Å². The second-order valence-corrected chi connectivity index (χ2v) is 5.62. The molecule has 4 heteroatoms. The van der Waals surface area contributed by atoms with Crippen LogP contribution in [0.2, 0.25) is 0 Å². The first kappa shape index (κ1) is 12.4. The van der Waals surface area contributed by atoms with Crippen LogP contribution in [0.4, 0.5) is 0 Å². The average molecular weight is 278 g/mol. The van der Waals surface area contributed by atoms with Crippen LogP contribution in [0, 0.1) is 6.92 Å². The topological polar surface area (TPSA) is 46.5 Å². The van der Waals surface area contributed by atoms with Crippen molar-refractivity contribution < 1.29 is 0 Å². The lowest BCUT2D eigenvalue weighted by atomic mass is 9.90. The zero-order valence-electron chi connectivity index (χ0n) is 12.1. The first-order valence-corrected chi connectivity index (χ1v) is 7.49. The van der Waals surface area contributed by atoms with Crippen LogP contribution < -0.4 is 0 Å². The van der Waals surface area contributed by atoms with Crippen molar-refractivity contribution >= 4 is 0 Å². The SMILES string of the molecule is Cc1[nH]cnc1-c1nccn1-c1cccc2c1CCCC2. The Kier molecular flexibility index (Phi) is 2.88. The average Bonchev–Trinajstić information content (AvgIpc) is 3.15. The maximum Gasteiger partial charge on any atom is 0.165 e. The molecule has 0 fully saturated rings. The number of imidazole rings is 2. The zero-order chi connectivity index (χ0) is 14.2. The molecule has 0 atom stereocenters. The van der Waals surface area contributed by atoms with Crippen LogP contribution in [-0.4, -0.2) is 19.5 Å². The Morgan fingerprint density at radius 3 is 2.90 bits per heavy atom. The molecule has 0 radical (unpaired) electrons. The van der Waals surface area contributed by atoms with Crippen molar-refractivity contribution in [3.05, 3.63) is 53.7 Å². The first-order valence-electron chi connectivity index (χ1n) is 7.49. The van der Waals surface area contributed by atoms with Crippen LogP contribution in [0.3, 0.4) is 0 Å². The third kappa shape index (κ3) is 1.98. The number of hydrogen-bond acceptors (Lipinski definition) is 2. The van der Waals surface area contributed by atoms with Crippen molar-refractivity contribution in [2.24, 2.45) is 0 Å². The Morgan fingerprint density at radius 2 is 2.05 bits per heavy atom. The molecule has 2 heterocycles. The molecule has 1 aliphatic carbocycles. The van der Waals surface area contributed by atoms with Gasteiger partial charge in [0.15, 0.2) is 5.82 Å². The number of aromatic nitrogens is 4. The highest BCUT2D eigenvalue weighted by Gasteiger charge is 2.18. The van der Waals surface area contributed by atoms with Crippen molar-refractivity contribution in [3.63, 3.8) is 0 Å². The van der Waals surface area contributed by atoms with Gasteiger partial charge in [0.1, 0.15) is 5.69 Å². The molecule has 0 saturated heterocycles. The van der Waals surface area contributed by atoms with Gasteiger partial charge in [-0.15, -0.1) is 0 Å². The number of nitrogens with zero attached hydrogens (tertiary/aromatic N) is 3. The second kappa shape index (κ2) is 4.88. The standard InChI is InChI=1S/C17H18N4/c1-12-16(20-11-19-12)17-18-9-10-21(17)15-8-4-6-13-5-2-3-7-14(13)15/h4,6,8-11H,2-3,5,7H2,1H3,(H,19,20). The molecule has 4 rings (SSSR count). The summed E-state index contributed by atoms with van der Waals surface area (Å²) in [6.07, 6.45) is 10.5.